The first-order valence-corrected chi connectivity index (χ1v) is 10.1. The van der Waals surface area contributed by atoms with Crippen molar-refractivity contribution >= 4 is 17.5 Å². The van der Waals surface area contributed by atoms with Gasteiger partial charge < -0.3 is 15.0 Å². The Labute approximate surface area is 180 Å². The number of carbonyl (C=O) groups is 2. The lowest BCUT2D eigenvalue weighted by Crippen LogP contribution is -2.37. The first-order valence-electron chi connectivity index (χ1n) is 10.1. The molecule has 0 bridgehead atoms. The molecule has 3 aromatic rings. The Morgan fingerprint density at radius 1 is 1.06 bits per heavy atom. The van der Waals surface area contributed by atoms with Crippen LogP contribution >= 0.6 is 0 Å². The fraction of sp³-hybridized carbons (Fsp3) is 0.200. The van der Waals surface area contributed by atoms with Gasteiger partial charge in [0.25, 0.3) is 5.91 Å². The first-order chi connectivity index (χ1) is 15.0. The number of halogens is 1. The van der Waals surface area contributed by atoms with Crippen molar-refractivity contribution in [3.05, 3.63) is 95.3 Å². The average molecular weight is 418 g/mol. The summed E-state index contributed by atoms with van der Waals surface area (Å²) in [5.74, 6) is 0.0379. The fourth-order valence-electron chi connectivity index (χ4n) is 3.61. The topological polar surface area (TPSA) is 58.6 Å². The van der Waals surface area contributed by atoms with Crippen molar-refractivity contribution in [1.29, 1.82) is 0 Å². The molecule has 4 rings (SSSR count). The second kappa shape index (κ2) is 9.00. The lowest BCUT2D eigenvalue weighted by atomic mass is 10.1. The number of nitrogens with zero attached hydrogens (tertiary/aromatic N) is 1. The Kier molecular flexibility index (Phi) is 5.98. The van der Waals surface area contributed by atoms with Gasteiger partial charge in [0.2, 0.25) is 5.91 Å². The number of hydrogen-bond donors (Lipinski definition) is 1. The predicted molar refractivity (Wildman–Crippen MR) is 116 cm³/mol. The summed E-state index contributed by atoms with van der Waals surface area (Å²) in [5.41, 5.74) is 3.21. The van der Waals surface area contributed by atoms with Crippen LogP contribution in [0, 0.1) is 5.82 Å². The molecule has 0 aromatic heterocycles. The van der Waals surface area contributed by atoms with Crippen molar-refractivity contribution in [3.63, 3.8) is 0 Å². The molecule has 1 aliphatic rings. The van der Waals surface area contributed by atoms with Gasteiger partial charge in [-0.2, -0.15) is 0 Å². The molecule has 5 nitrogen and oxygen atoms in total. The predicted octanol–water partition coefficient (Wildman–Crippen LogP) is 4.32. The smallest absolute Gasteiger partial charge is 0.263 e. The van der Waals surface area contributed by atoms with Crippen LogP contribution in [0.3, 0.4) is 0 Å². The van der Waals surface area contributed by atoms with E-state index in [0.717, 1.165) is 16.7 Å². The third-order valence-electron chi connectivity index (χ3n) is 5.16. The van der Waals surface area contributed by atoms with Crippen molar-refractivity contribution in [3.8, 4) is 5.75 Å². The molecule has 0 spiro atoms. The van der Waals surface area contributed by atoms with Crippen molar-refractivity contribution in [1.82, 2.24) is 4.90 Å². The van der Waals surface area contributed by atoms with Crippen molar-refractivity contribution in [2.24, 2.45) is 0 Å². The minimum atomic E-state index is -0.639. The monoisotopic (exact) mass is 418 g/mol. The van der Waals surface area contributed by atoms with Crippen molar-refractivity contribution in [2.45, 2.75) is 32.5 Å². The van der Waals surface area contributed by atoms with Crippen LogP contribution < -0.4 is 10.1 Å². The van der Waals surface area contributed by atoms with Gasteiger partial charge in [-0.15, -0.1) is 0 Å². The van der Waals surface area contributed by atoms with Crippen LogP contribution in [0.25, 0.3) is 0 Å². The van der Waals surface area contributed by atoms with Crippen LogP contribution in [0.2, 0.25) is 0 Å². The Morgan fingerprint density at radius 2 is 1.81 bits per heavy atom. The third kappa shape index (κ3) is 5.09. The average Bonchev–Trinajstić information content (AvgIpc) is 2.87. The lowest BCUT2D eigenvalue weighted by Gasteiger charge is -2.22. The van der Waals surface area contributed by atoms with E-state index >= 15 is 0 Å². The minimum Gasteiger partial charge on any atom is -0.481 e. The largest absolute Gasteiger partial charge is 0.481 e. The van der Waals surface area contributed by atoms with E-state index in [2.05, 4.69) is 5.32 Å². The molecule has 31 heavy (non-hydrogen) atoms. The van der Waals surface area contributed by atoms with Gasteiger partial charge in [0.15, 0.2) is 6.10 Å². The molecular weight excluding hydrogens is 395 g/mol. The van der Waals surface area contributed by atoms with Gasteiger partial charge >= 0.3 is 0 Å². The second-order valence-electron chi connectivity index (χ2n) is 7.61. The van der Waals surface area contributed by atoms with E-state index in [0.29, 0.717) is 24.5 Å². The van der Waals surface area contributed by atoms with Gasteiger partial charge in [-0.05, 0) is 48.4 Å². The fourth-order valence-corrected chi connectivity index (χ4v) is 3.61. The third-order valence-corrected chi connectivity index (χ3v) is 5.16. The SMILES string of the molecule is C[C@@H]1Oc2ccc(NC(=O)Cc3ccccc3)cc2CN(Cc2ccc(F)cc2)C1=O. The van der Waals surface area contributed by atoms with Gasteiger partial charge in [0, 0.05) is 24.3 Å². The van der Waals surface area contributed by atoms with E-state index in [9.17, 15) is 14.0 Å². The molecule has 0 unspecified atom stereocenters. The molecule has 3 aromatic carbocycles. The highest BCUT2D eigenvalue weighted by atomic mass is 19.1. The summed E-state index contributed by atoms with van der Waals surface area (Å²) >= 11 is 0. The van der Waals surface area contributed by atoms with Crippen LogP contribution in [0.5, 0.6) is 5.75 Å². The van der Waals surface area contributed by atoms with Gasteiger partial charge in [-0.1, -0.05) is 42.5 Å². The molecule has 1 aliphatic heterocycles. The highest BCUT2D eigenvalue weighted by molar-refractivity contribution is 5.92. The maximum absolute atomic E-state index is 13.2. The zero-order valence-corrected chi connectivity index (χ0v) is 17.2. The number of amides is 2. The molecule has 0 saturated carbocycles. The zero-order chi connectivity index (χ0) is 21.8. The summed E-state index contributed by atoms with van der Waals surface area (Å²) in [5, 5.41) is 2.91. The van der Waals surface area contributed by atoms with E-state index in [1.807, 2.05) is 36.4 Å². The van der Waals surface area contributed by atoms with Gasteiger partial charge in [-0.3, -0.25) is 9.59 Å². The highest BCUT2D eigenvalue weighted by Gasteiger charge is 2.28. The van der Waals surface area contributed by atoms with Gasteiger partial charge in [0.05, 0.1) is 6.42 Å². The lowest BCUT2D eigenvalue weighted by molar-refractivity contribution is -0.138. The van der Waals surface area contributed by atoms with E-state index in [1.54, 1.807) is 36.1 Å². The summed E-state index contributed by atoms with van der Waals surface area (Å²) in [6.45, 7) is 2.39. The van der Waals surface area contributed by atoms with E-state index in [1.165, 1.54) is 12.1 Å². The zero-order valence-electron chi connectivity index (χ0n) is 17.2. The minimum absolute atomic E-state index is 0.117. The molecule has 1 N–H and O–H groups in total. The highest BCUT2D eigenvalue weighted by Crippen LogP contribution is 2.29. The summed E-state index contributed by atoms with van der Waals surface area (Å²) < 4.78 is 19.1. The van der Waals surface area contributed by atoms with E-state index < -0.39 is 6.10 Å². The Bertz CT molecular complexity index is 1080. The number of ether oxygens (including phenoxy) is 1. The Hall–Kier alpha value is -3.67. The molecule has 2 amide bonds. The molecule has 1 heterocycles. The van der Waals surface area contributed by atoms with Crippen LogP contribution in [-0.2, 0) is 29.1 Å². The first kappa shape index (κ1) is 20.6. The molecular formula is C25H23FN2O3. The summed E-state index contributed by atoms with van der Waals surface area (Å²) in [4.78, 5) is 26.9. The maximum Gasteiger partial charge on any atom is 0.263 e. The van der Waals surface area contributed by atoms with Crippen LogP contribution in [0.1, 0.15) is 23.6 Å². The normalized spacial score (nSPS) is 15.6. The molecule has 1 atom stereocenters. The van der Waals surface area contributed by atoms with E-state index in [-0.39, 0.29) is 24.1 Å². The van der Waals surface area contributed by atoms with Crippen molar-refractivity contribution in [2.75, 3.05) is 5.32 Å². The summed E-state index contributed by atoms with van der Waals surface area (Å²) in [6.07, 6.45) is -0.360. The number of carbonyl (C=O) groups excluding carboxylic acids is 2. The number of anilines is 1. The van der Waals surface area contributed by atoms with Gasteiger partial charge in [0.1, 0.15) is 11.6 Å². The second-order valence-corrected chi connectivity index (χ2v) is 7.61. The Morgan fingerprint density at radius 3 is 2.55 bits per heavy atom. The van der Waals surface area contributed by atoms with Crippen LogP contribution in [-0.4, -0.2) is 22.8 Å². The number of rotatable bonds is 5. The maximum atomic E-state index is 13.2. The standard InChI is InChI=1S/C25H23FN2O3/c1-17-25(30)28(15-19-7-9-21(26)10-8-19)16-20-14-22(11-12-23(20)31-17)27-24(29)13-18-5-3-2-4-6-18/h2-12,14,17H,13,15-16H2,1H3,(H,27,29)/t17-/m0/s1. The quantitative estimate of drug-likeness (QED) is 0.672. The number of nitrogens with one attached hydrogen (secondary N) is 1. The Balaban J connectivity index is 1.51. The molecule has 6 heteroatoms. The van der Waals surface area contributed by atoms with Crippen LogP contribution in [0.4, 0.5) is 10.1 Å². The van der Waals surface area contributed by atoms with Crippen LogP contribution in [0.15, 0.2) is 72.8 Å². The van der Waals surface area contributed by atoms with Crippen molar-refractivity contribution < 1.29 is 18.7 Å². The molecule has 0 radical (unpaired) electrons. The number of benzene rings is 3. The molecule has 0 fully saturated rings. The van der Waals surface area contributed by atoms with Gasteiger partial charge in [-0.25, -0.2) is 4.39 Å². The van der Waals surface area contributed by atoms with E-state index in [4.69, 9.17) is 4.74 Å². The summed E-state index contributed by atoms with van der Waals surface area (Å²) in [6, 6.07) is 21.0. The number of hydrogen-bond acceptors (Lipinski definition) is 3. The molecule has 0 aliphatic carbocycles. The molecule has 158 valence electrons. The molecule has 0 saturated heterocycles. The number of fused-ring (bicyclic) bond motifs is 1. The summed E-state index contributed by atoms with van der Waals surface area (Å²) in [7, 11) is 0.